The minimum absolute atomic E-state index is 0.231. The van der Waals surface area contributed by atoms with Crippen LogP contribution in [0.3, 0.4) is 0 Å². The molecule has 1 amide bonds. The maximum atomic E-state index is 13.3. The first-order valence-corrected chi connectivity index (χ1v) is 15.1. The number of aromatic amines is 1. The maximum Gasteiger partial charge on any atom is 0.256 e. The summed E-state index contributed by atoms with van der Waals surface area (Å²) in [6.07, 6.45) is 6.35. The predicted molar refractivity (Wildman–Crippen MR) is 165 cm³/mol. The Balaban J connectivity index is 1.11. The van der Waals surface area contributed by atoms with Gasteiger partial charge in [-0.15, -0.1) is 0 Å². The lowest BCUT2D eigenvalue weighted by atomic mass is 9.95. The number of nitrogens with one attached hydrogen (secondary N) is 5. The smallest absolute Gasteiger partial charge is 0.256 e. The Hall–Kier alpha value is -3.47. The van der Waals surface area contributed by atoms with Crippen molar-refractivity contribution in [2.24, 2.45) is 5.92 Å². The fourth-order valence-electron chi connectivity index (χ4n) is 6.66. The number of carbonyl (C=O) groups excluding carboxylic acids is 1. The van der Waals surface area contributed by atoms with Gasteiger partial charge in [-0.25, -0.2) is 4.98 Å². The second kappa shape index (κ2) is 12.2. The third-order valence-electron chi connectivity index (χ3n) is 9.11. The van der Waals surface area contributed by atoms with Crippen molar-refractivity contribution in [1.29, 1.82) is 5.41 Å². The van der Waals surface area contributed by atoms with Gasteiger partial charge in [0.2, 0.25) is 0 Å². The summed E-state index contributed by atoms with van der Waals surface area (Å²) in [6.45, 7) is 8.42. The highest BCUT2D eigenvalue weighted by Gasteiger charge is 2.26. The van der Waals surface area contributed by atoms with Crippen LogP contribution in [0.15, 0.2) is 36.5 Å². The Morgan fingerprint density at radius 1 is 1.07 bits per heavy atom. The van der Waals surface area contributed by atoms with E-state index in [9.17, 15) is 4.79 Å². The number of amidine groups is 1. The topological polar surface area (TPSA) is 115 Å². The molecule has 0 bridgehead atoms. The van der Waals surface area contributed by atoms with E-state index in [0.29, 0.717) is 29.2 Å². The number of amides is 1. The van der Waals surface area contributed by atoms with E-state index in [2.05, 4.69) is 53.7 Å². The minimum atomic E-state index is -0.231. The van der Waals surface area contributed by atoms with Crippen LogP contribution in [0.5, 0.6) is 0 Å². The highest BCUT2D eigenvalue weighted by molar-refractivity contribution is 6.08. The Labute approximate surface area is 242 Å². The number of pyridine rings is 1. The molecule has 10 heteroatoms. The van der Waals surface area contributed by atoms with Crippen LogP contribution in [0.4, 0.5) is 11.5 Å². The average molecular weight is 558 g/mol. The molecular weight excluding hydrogens is 514 g/mol. The van der Waals surface area contributed by atoms with Gasteiger partial charge in [0.05, 0.1) is 5.52 Å². The fraction of sp³-hybridized carbons (Fsp3) is 0.516. The molecule has 218 valence electrons. The quantitative estimate of drug-likeness (QED) is 0.223. The molecule has 3 aliphatic rings. The van der Waals surface area contributed by atoms with E-state index in [1.807, 2.05) is 31.4 Å². The van der Waals surface area contributed by atoms with E-state index in [1.54, 1.807) is 6.07 Å². The number of fused-ring (bicyclic) bond motifs is 1. The number of H-pyrrole nitrogens is 1. The standard InChI is InChI=1S/C31H43N9O/c1-33-25-6-5-22(16-24(25)30(32)40-12-7-21(8-13-40)20-39-14-9-34-10-15-39)31(41)37-29-18-26-23(19-35-29)17-27(36-26)28-4-3-11-38(28)2/h5-6,16-19,21,28,32-34,36H,3-4,7-15,20H2,1-2H3,(H,35,37,41). The van der Waals surface area contributed by atoms with Crippen LogP contribution in [0.2, 0.25) is 0 Å². The molecule has 10 nitrogen and oxygen atoms in total. The van der Waals surface area contributed by atoms with E-state index in [0.717, 1.165) is 93.8 Å². The van der Waals surface area contributed by atoms with E-state index in [4.69, 9.17) is 5.41 Å². The SMILES string of the molecule is CNc1ccc(C(=O)Nc2cc3[nH]c(C4CCCN4C)cc3cn2)cc1C(=N)N1CCC(CN2CCNCC2)CC1. The third kappa shape index (κ3) is 6.10. The molecule has 6 rings (SSSR count). The number of rotatable bonds is 7. The molecule has 3 fully saturated rings. The van der Waals surface area contributed by atoms with Crippen molar-refractivity contribution in [2.75, 3.05) is 77.1 Å². The van der Waals surface area contributed by atoms with E-state index in [-0.39, 0.29) is 5.91 Å². The minimum Gasteiger partial charge on any atom is -0.388 e. The van der Waals surface area contributed by atoms with Gasteiger partial charge in [0, 0.05) is 99.1 Å². The van der Waals surface area contributed by atoms with Crippen LogP contribution in [0.1, 0.15) is 53.3 Å². The first kappa shape index (κ1) is 27.7. The van der Waals surface area contributed by atoms with Gasteiger partial charge in [-0.3, -0.25) is 15.1 Å². The van der Waals surface area contributed by atoms with Crippen molar-refractivity contribution in [3.8, 4) is 0 Å². The molecule has 1 unspecified atom stereocenters. The lowest BCUT2D eigenvalue weighted by molar-refractivity contribution is 0.102. The summed E-state index contributed by atoms with van der Waals surface area (Å²) >= 11 is 0. The lowest BCUT2D eigenvalue weighted by Crippen LogP contribution is -2.47. The van der Waals surface area contributed by atoms with Crippen molar-refractivity contribution >= 4 is 34.2 Å². The zero-order valence-corrected chi connectivity index (χ0v) is 24.3. The Morgan fingerprint density at radius 2 is 1.88 bits per heavy atom. The largest absolute Gasteiger partial charge is 0.388 e. The molecule has 1 aromatic carbocycles. The van der Waals surface area contributed by atoms with Crippen molar-refractivity contribution in [1.82, 2.24) is 30.0 Å². The van der Waals surface area contributed by atoms with Crippen molar-refractivity contribution in [3.05, 3.63) is 53.3 Å². The first-order valence-electron chi connectivity index (χ1n) is 15.1. The normalized spacial score (nSPS) is 20.9. The van der Waals surface area contributed by atoms with Gasteiger partial charge in [-0.2, -0.15) is 0 Å². The van der Waals surface area contributed by atoms with Crippen LogP contribution >= 0.6 is 0 Å². The zero-order valence-electron chi connectivity index (χ0n) is 24.3. The van der Waals surface area contributed by atoms with E-state index in [1.165, 1.54) is 12.1 Å². The number of anilines is 2. The molecule has 3 aliphatic heterocycles. The molecular formula is C31H43N9O. The number of aromatic nitrogens is 2. The first-order chi connectivity index (χ1) is 20.0. The molecule has 0 aliphatic carbocycles. The number of hydrogen-bond donors (Lipinski definition) is 5. The molecule has 5 heterocycles. The van der Waals surface area contributed by atoms with Crippen molar-refractivity contribution in [3.63, 3.8) is 0 Å². The van der Waals surface area contributed by atoms with Crippen LogP contribution in [0.25, 0.3) is 10.9 Å². The molecule has 1 atom stereocenters. The van der Waals surface area contributed by atoms with Crippen molar-refractivity contribution in [2.45, 2.75) is 31.7 Å². The average Bonchev–Trinajstić information content (AvgIpc) is 3.62. The van der Waals surface area contributed by atoms with Gasteiger partial charge < -0.3 is 30.7 Å². The van der Waals surface area contributed by atoms with Gasteiger partial charge >= 0.3 is 0 Å². The third-order valence-corrected chi connectivity index (χ3v) is 9.11. The summed E-state index contributed by atoms with van der Waals surface area (Å²) in [5, 5.41) is 19.7. The Morgan fingerprint density at radius 3 is 2.61 bits per heavy atom. The second-order valence-corrected chi connectivity index (χ2v) is 11.8. The molecule has 41 heavy (non-hydrogen) atoms. The monoisotopic (exact) mass is 557 g/mol. The summed E-state index contributed by atoms with van der Waals surface area (Å²) in [4.78, 5) is 28.5. The van der Waals surface area contributed by atoms with Gasteiger partial charge in [-0.1, -0.05) is 0 Å². The molecule has 5 N–H and O–H groups in total. The van der Waals surface area contributed by atoms with Gasteiger partial charge in [0.1, 0.15) is 11.7 Å². The number of benzene rings is 1. The van der Waals surface area contributed by atoms with Crippen LogP contribution < -0.4 is 16.0 Å². The number of piperidine rings is 1. The summed E-state index contributed by atoms with van der Waals surface area (Å²) in [6, 6.07) is 10.0. The highest BCUT2D eigenvalue weighted by Crippen LogP contribution is 2.32. The number of carbonyl (C=O) groups is 1. The van der Waals surface area contributed by atoms with Gasteiger partial charge in [0.15, 0.2) is 0 Å². The number of hydrogen-bond acceptors (Lipinski definition) is 7. The maximum absolute atomic E-state index is 13.3. The summed E-state index contributed by atoms with van der Waals surface area (Å²) in [7, 11) is 4.02. The lowest BCUT2D eigenvalue weighted by Gasteiger charge is -2.37. The predicted octanol–water partition coefficient (Wildman–Crippen LogP) is 3.57. The van der Waals surface area contributed by atoms with Gasteiger partial charge in [0.25, 0.3) is 5.91 Å². The number of nitrogens with zero attached hydrogens (tertiary/aromatic N) is 4. The summed E-state index contributed by atoms with van der Waals surface area (Å²) < 4.78 is 0. The number of likely N-dealkylation sites (tertiary alicyclic amines) is 2. The number of piperazine rings is 1. The van der Waals surface area contributed by atoms with E-state index >= 15 is 0 Å². The van der Waals surface area contributed by atoms with Gasteiger partial charge in [-0.05, 0) is 69.5 Å². The van der Waals surface area contributed by atoms with E-state index < -0.39 is 0 Å². The fourth-order valence-corrected chi connectivity index (χ4v) is 6.66. The molecule has 0 spiro atoms. The molecule has 3 aromatic rings. The Kier molecular flexibility index (Phi) is 8.23. The molecule has 2 aromatic heterocycles. The molecule has 3 saturated heterocycles. The zero-order chi connectivity index (χ0) is 28.3. The van der Waals surface area contributed by atoms with Crippen LogP contribution in [-0.4, -0.2) is 103 Å². The Bertz CT molecular complexity index is 1390. The van der Waals surface area contributed by atoms with Crippen LogP contribution in [-0.2, 0) is 0 Å². The van der Waals surface area contributed by atoms with Crippen molar-refractivity contribution < 1.29 is 4.79 Å². The summed E-state index contributed by atoms with van der Waals surface area (Å²) in [5.74, 6) is 1.43. The molecule has 0 saturated carbocycles. The van der Waals surface area contributed by atoms with Crippen LogP contribution in [0, 0.1) is 11.3 Å². The highest BCUT2D eigenvalue weighted by atomic mass is 16.1. The molecule has 0 radical (unpaired) electrons. The second-order valence-electron chi connectivity index (χ2n) is 11.8. The summed E-state index contributed by atoms with van der Waals surface area (Å²) in [5.41, 5.74) is 4.28.